The van der Waals surface area contributed by atoms with Gasteiger partial charge < -0.3 is 15.2 Å². The van der Waals surface area contributed by atoms with E-state index in [1.807, 2.05) is 30.3 Å². The fourth-order valence-electron chi connectivity index (χ4n) is 3.51. The first-order chi connectivity index (χ1) is 15.4. The Morgan fingerprint density at radius 2 is 1.59 bits per heavy atom. The molecule has 0 aliphatic rings. The molecular weight excluding hydrogens is 426 g/mol. The number of nitrogens with zero attached hydrogens (tertiary/aromatic N) is 1. The zero-order valence-electron chi connectivity index (χ0n) is 18.1. The number of hydrogen-bond acceptors (Lipinski definition) is 3. The number of nitrogens with one attached hydrogen (secondary N) is 2. The predicted octanol–water partition coefficient (Wildman–Crippen LogP) is 3.99. The molecule has 0 saturated carbocycles. The Morgan fingerprint density at radius 3 is 2.25 bits per heavy atom. The highest BCUT2D eigenvalue weighted by atomic mass is 35.5. The number of carbonyl (C=O) groups excluding carboxylic acids is 2. The zero-order valence-corrected chi connectivity index (χ0v) is 18.9. The normalized spacial score (nSPS) is 11.6. The maximum Gasteiger partial charge on any atom is 0.257 e. The molecule has 1 aromatic heterocycles. The Balaban J connectivity index is 1.84. The van der Waals surface area contributed by atoms with Gasteiger partial charge in [0, 0.05) is 31.0 Å². The number of pyridine rings is 1. The van der Waals surface area contributed by atoms with Crippen molar-refractivity contribution < 1.29 is 9.59 Å². The standard InChI is InChI=1S/C25H26ClN3O3/c1-17(19-12-6-7-13-22(19)26)28-25(32)21-16-29(15-20(23(21)30)24(31)27-2)14-8-11-18-9-4-3-5-10-18/h3-7,9-10,12-13,15-17H,8,11,14H2,1-2H3,(H,27,31)(H,28,32). The summed E-state index contributed by atoms with van der Waals surface area (Å²) in [6.07, 6.45) is 4.64. The first-order valence-electron chi connectivity index (χ1n) is 10.5. The van der Waals surface area contributed by atoms with E-state index in [0.717, 1.165) is 18.4 Å². The highest BCUT2D eigenvalue weighted by Gasteiger charge is 2.21. The summed E-state index contributed by atoms with van der Waals surface area (Å²) in [6, 6.07) is 16.8. The molecule has 0 aliphatic carbocycles. The Hall–Kier alpha value is -3.38. The molecule has 1 unspecified atom stereocenters. The molecule has 2 aromatic carbocycles. The third kappa shape index (κ3) is 5.65. The molecule has 2 N–H and O–H groups in total. The predicted molar refractivity (Wildman–Crippen MR) is 126 cm³/mol. The van der Waals surface area contributed by atoms with Gasteiger partial charge in [-0.3, -0.25) is 14.4 Å². The molecule has 3 rings (SSSR count). The lowest BCUT2D eigenvalue weighted by atomic mass is 10.1. The molecular formula is C25H26ClN3O3. The molecule has 6 nitrogen and oxygen atoms in total. The quantitative estimate of drug-likeness (QED) is 0.543. The van der Waals surface area contributed by atoms with E-state index < -0.39 is 23.3 Å². The average Bonchev–Trinajstić information content (AvgIpc) is 2.80. The van der Waals surface area contributed by atoms with Crippen LogP contribution in [0.25, 0.3) is 0 Å². The van der Waals surface area contributed by atoms with Crippen LogP contribution in [-0.2, 0) is 13.0 Å². The second-order valence-electron chi connectivity index (χ2n) is 7.54. The highest BCUT2D eigenvalue weighted by molar-refractivity contribution is 6.31. The zero-order chi connectivity index (χ0) is 23.1. The number of benzene rings is 2. The van der Waals surface area contributed by atoms with Crippen LogP contribution in [0, 0.1) is 0 Å². The van der Waals surface area contributed by atoms with Crippen LogP contribution in [0.4, 0.5) is 0 Å². The lowest BCUT2D eigenvalue weighted by molar-refractivity contribution is 0.0938. The molecule has 0 saturated heterocycles. The van der Waals surface area contributed by atoms with E-state index in [1.54, 1.807) is 23.6 Å². The highest BCUT2D eigenvalue weighted by Crippen LogP contribution is 2.22. The SMILES string of the molecule is CNC(=O)c1cn(CCCc2ccccc2)cc(C(=O)NC(C)c2ccccc2Cl)c1=O. The monoisotopic (exact) mass is 451 g/mol. The number of halogens is 1. The van der Waals surface area contributed by atoms with Gasteiger partial charge in [-0.25, -0.2) is 0 Å². The summed E-state index contributed by atoms with van der Waals surface area (Å²) in [5, 5.41) is 5.81. The van der Waals surface area contributed by atoms with Crippen LogP contribution >= 0.6 is 11.6 Å². The molecule has 1 heterocycles. The molecule has 1 atom stereocenters. The Bertz CT molecular complexity index is 1160. The maximum atomic E-state index is 13.0. The van der Waals surface area contributed by atoms with Crippen LogP contribution in [0.1, 0.15) is 51.2 Å². The minimum Gasteiger partial charge on any atom is -0.355 e. The molecule has 0 bridgehead atoms. The van der Waals surface area contributed by atoms with E-state index in [2.05, 4.69) is 22.8 Å². The van der Waals surface area contributed by atoms with Gasteiger partial charge in [0.05, 0.1) is 6.04 Å². The lowest BCUT2D eigenvalue weighted by Crippen LogP contribution is -2.35. The Kier molecular flexibility index (Phi) is 7.84. The van der Waals surface area contributed by atoms with Gasteiger partial charge in [-0.2, -0.15) is 0 Å². The third-order valence-corrected chi connectivity index (χ3v) is 5.58. The molecule has 32 heavy (non-hydrogen) atoms. The number of aromatic nitrogens is 1. The van der Waals surface area contributed by atoms with Crippen molar-refractivity contribution in [3.8, 4) is 0 Å². The smallest absolute Gasteiger partial charge is 0.257 e. The molecule has 3 aromatic rings. The van der Waals surface area contributed by atoms with E-state index in [4.69, 9.17) is 11.6 Å². The van der Waals surface area contributed by atoms with Crippen LogP contribution < -0.4 is 16.1 Å². The maximum absolute atomic E-state index is 13.0. The van der Waals surface area contributed by atoms with Gasteiger partial charge in [0.2, 0.25) is 5.43 Å². The van der Waals surface area contributed by atoms with Gasteiger partial charge in [-0.05, 0) is 37.0 Å². The summed E-state index contributed by atoms with van der Waals surface area (Å²) in [4.78, 5) is 38.1. The fraction of sp³-hybridized carbons (Fsp3) is 0.240. The van der Waals surface area contributed by atoms with Crippen molar-refractivity contribution in [3.05, 3.63) is 104 Å². The summed E-state index contributed by atoms with van der Waals surface area (Å²) in [7, 11) is 1.45. The Labute approximate surface area is 192 Å². The number of amides is 2. The van der Waals surface area contributed by atoms with E-state index in [9.17, 15) is 14.4 Å². The summed E-state index contributed by atoms with van der Waals surface area (Å²) < 4.78 is 1.73. The van der Waals surface area contributed by atoms with Gasteiger partial charge >= 0.3 is 0 Å². The third-order valence-electron chi connectivity index (χ3n) is 5.24. The second kappa shape index (κ2) is 10.8. The fourth-order valence-corrected chi connectivity index (χ4v) is 3.81. The van der Waals surface area contributed by atoms with Crippen molar-refractivity contribution in [2.24, 2.45) is 0 Å². The van der Waals surface area contributed by atoms with Gasteiger partial charge in [0.1, 0.15) is 11.1 Å². The van der Waals surface area contributed by atoms with Crippen LogP contribution in [0.15, 0.2) is 71.8 Å². The van der Waals surface area contributed by atoms with Gasteiger partial charge in [-0.15, -0.1) is 0 Å². The number of hydrogen-bond donors (Lipinski definition) is 2. The van der Waals surface area contributed by atoms with Crippen molar-refractivity contribution in [1.82, 2.24) is 15.2 Å². The van der Waals surface area contributed by atoms with E-state index >= 15 is 0 Å². The van der Waals surface area contributed by atoms with Crippen molar-refractivity contribution in [2.75, 3.05) is 7.05 Å². The summed E-state index contributed by atoms with van der Waals surface area (Å²) in [6.45, 7) is 2.35. The summed E-state index contributed by atoms with van der Waals surface area (Å²) in [5.41, 5.74) is 1.20. The topological polar surface area (TPSA) is 80.2 Å². The van der Waals surface area contributed by atoms with Crippen molar-refractivity contribution in [1.29, 1.82) is 0 Å². The van der Waals surface area contributed by atoms with Gasteiger partial charge in [-0.1, -0.05) is 60.1 Å². The number of carbonyl (C=O) groups is 2. The molecule has 2 amide bonds. The first-order valence-corrected chi connectivity index (χ1v) is 10.8. The lowest BCUT2D eigenvalue weighted by Gasteiger charge is -2.17. The molecule has 0 aliphatic heterocycles. The summed E-state index contributed by atoms with van der Waals surface area (Å²) in [5.74, 6) is -1.08. The van der Waals surface area contributed by atoms with Crippen molar-refractivity contribution in [2.45, 2.75) is 32.4 Å². The van der Waals surface area contributed by atoms with Crippen LogP contribution in [0.2, 0.25) is 5.02 Å². The number of rotatable bonds is 8. The molecule has 0 spiro atoms. The van der Waals surface area contributed by atoms with Crippen LogP contribution in [-0.4, -0.2) is 23.4 Å². The average molecular weight is 452 g/mol. The van der Waals surface area contributed by atoms with Crippen molar-refractivity contribution >= 4 is 23.4 Å². The van der Waals surface area contributed by atoms with E-state index in [1.165, 1.54) is 25.0 Å². The first kappa shape index (κ1) is 23.3. The van der Waals surface area contributed by atoms with Gasteiger partial charge in [0.15, 0.2) is 0 Å². The number of aryl methyl sites for hydroxylation is 2. The molecule has 7 heteroatoms. The molecule has 166 valence electrons. The largest absolute Gasteiger partial charge is 0.355 e. The van der Waals surface area contributed by atoms with Crippen LogP contribution in [0.3, 0.4) is 0 Å². The minimum atomic E-state index is -0.604. The molecule has 0 fully saturated rings. The second-order valence-corrected chi connectivity index (χ2v) is 7.94. The Morgan fingerprint density at radius 1 is 0.969 bits per heavy atom. The van der Waals surface area contributed by atoms with E-state index in [-0.39, 0.29) is 11.1 Å². The molecule has 0 radical (unpaired) electrons. The summed E-state index contributed by atoms with van der Waals surface area (Å²) >= 11 is 6.23. The van der Waals surface area contributed by atoms with Gasteiger partial charge in [0.25, 0.3) is 11.8 Å². The van der Waals surface area contributed by atoms with Crippen LogP contribution in [0.5, 0.6) is 0 Å². The minimum absolute atomic E-state index is 0.0646. The van der Waals surface area contributed by atoms with Crippen molar-refractivity contribution in [3.63, 3.8) is 0 Å². The van der Waals surface area contributed by atoms with E-state index in [0.29, 0.717) is 11.6 Å².